The number of allylic oxidation sites excluding steroid dienone is 4. The van der Waals surface area contributed by atoms with Gasteiger partial charge in [0.25, 0.3) is 0 Å². The normalized spacial score (nSPS) is 12.9. The second kappa shape index (κ2) is 32.0. The first-order valence-corrected chi connectivity index (χ1v) is 23.0. The van der Waals surface area contributed by atoms with Crippen LogP contribution >= 0.6 is 11.3 Å². The zero-order valence-corrected chi connectivity index (χ0v) is 35.2. The number of rotatable bonds is 33. The second-order valence-corrected chi connectivity index (χ2v) is 16.2. The Bertz CT molecular complexity index is 1120. The highest BCUT2D eigenvalue weighted by Crippen LogP contribution is 2.39. The Morgan fingerprint density at radius 1 is 0.604 bits per heavy atom. The minimum Gasteiger partial charge on any atom is -0.462 e. The highest BCUT2D eigenvalue weighted by Gasteiger charge is 2.34. The number of thiophene rings is 1. The van der Waals surface area contributed by atoms with Crippen molar-refractivity contribution in [3.8, 4) is 0 Å². The maximum Gasteiger partial charge on any atom is 0.341 e. The molecule has 0 bridgehead atoms. The topological polar surface area (TPSA) is 75.7 Å². The van der Waals surface area contributed by atoms with Crippen LogP contribution in [-0.2, 0) is 27.3 Å². The molecule has 0 aromatic carbocycles. The van der Waals surface area contributed by atoms with Crippen LogP contribution in [-0.4, -0.2) is 30.9 Å². The summed E-state index contributed by atoms with van der Waals surface area (Å²) >= 11 is 1.42. The van der Waals surface area contributed by atoms with Crippen molar-refractivity contribution in [2.24, 2.45) is 0 Å². The zero-order valence-electron chi connectivity index (χ0n) is 34.4. The van der Waals surface area contributed by atoms with E-state index in [9.17, 15) is 14.4 Å². The molecular weight excluding hydrogens is 677 g/mol. The van der Waals surface area contributed by atoms with Crippen LogP contribution in [0.5, 0.6) is 0 Å². The number of imide groups is 1. The predicted octanol–water partition coefficient (Wildman–Crippen LogP) is 13.5. The molecule has 0 fully saturated rings. The van der Waals surface area contributed by atoms with Crippen molar-refractivity contribution in [2.75, 3.05) is 18.1 Å². The van der Waals surface area contributed by atoms with E-state index in [0.29, 0.717) is 36.4 Å². The van der Waals surface area contributed by atoms with Gasteiger partial charge in [-0.2, -0.15) is 0 Å². The van der Waals surface area contributed by atoms with Crippen LogP contribution in [0.4, 0.5) is 5.00 Å². The summed E-state index contributed by atoms with van der Waals surface area (Å²) in [6.45, 7) is 7.99. The average Bonchev–Trinajstić information content (AvgIpc) is 3.54. The van der Waals surface area contributed by atoms with Gasteiger partial charge in [0.05, 0.1) is 12.2 Å². The largest absolute Gasteiger partial charge is 0.462 e. The first-order valence-electron chi connectivity index (χ1n) is 22.2. The monoisotopic (exact) mass is 755 g/mol. The fourth-order valence-corrected chi connectivity index (χ4v) is 8.51. The lowest BCUT2D eigenvalue weighted by atomic mass is 10.0. The maximum atomic E-state index is 13.9. The van der Waals surface area contributed by atoms with Crippen LogP contribution in [0.25, 0.3) is 0 Å². The van der Waals surface area contributed by atoms with Gasteiger partial charge in [-0.3, -0.25) is 9.59 Å². The Morgan fingerprint density at radius 2 is 1.02 bits per heavy atom. The number of nitrogens with one attached hydrogen (secondary N) is 1. The third-order valence-corrected chi connectivity index (χ3v) is 11.6. The summed E-state index contributed by atoms with van der Waals surface area (Å²) in [5.74, 6) is -0.787. The maximum absolute atomic E-state index is 13.9. The third kappa shape index (κ3) is 20.9. The minimum atomic E-state index is -0.422. The van der Waals surface area contributed by atoms with Crippen LogP contribution < -0.4 is 10.2 Å². The van der Waals surface area contributed by atoms with E-state index in [0.717, 1.165) is 81.2 Å². The van der Waals surface area contributed by atoms with E-state index in [1.54, 1.807) is 6.92 Å². The van der Waals surface area contributed by atoms with Gasteiger partial charge in [0.15, 0.2) is 0 Å². The number of carbonyl (C=O) groups excluding carboxylic acids is 3. The van der Waals surface area contributed by atoms with Crippen LogP contribution in [0.15, 0.2) is 24.3 Å². The molecule has 0 saturated carbocycles. The molecule has 0 spiro atoms. The molecule has 0 aliphatic carbocycles. The molecule has 2 amide bonds. The molecule has 0 saturated heterocycles. The van der Waals surface area contributed by atoms with Crippen LogP contribution in [0.3, 0.4) is 0 Å². The van der Waals surface area contributed by atoms with Gasteiger partial charge >= 0.3 is 5.97 Å². The van der Waals surface area contributed by atoms with Gasteiger partial charge in [0.2, 0.25) is 11.8 Å². The number of esters is 1. The quantitative estimate of drug-likeness (QED) is 0.0439. The molecule has 53 heavy (non-hydrogen) atoms. The summed E-state index contributed by atoms with van der Waals surface area (Å²) in [7, 11) is 0. The lowest BCUT2D eigenvalue weighted by Gasteiger charge is -2.21. The van der Waals surface area contributed by atoms with Gasteiger partial charge in [-0.25, -0.2) is 9.69 Å². The average molecular weight is 755 g/mol. The lowest BCUT2D eigenvalue weighted by Crippen LogP contribution is -2.37. The number of hydrogen-bond donors (Lipinski definition) is 1. The molecule has 1 aliphatic heterocycles. The highest BCUT2D eigenvalue weighted by molar-refractivity contribution is 7.17. The first-order chi connectivity index (χ1) is 26.0. The summed E-state index contributed by atoms with van der Waals surface area (Å²) in [5, 5.41) is 3.86. The van der Waals surface area contributed by atoms with Crippen LogP contribution in [0.1, 0.15) is 221 Å². The highest BCUT2D eigenvalue weighted by atomic mass is 32.1. The van der Waals surface area contributed by atoms with Gasteiger partial charge in [0, 0.05) is 24.3 Å². The predicted molar refractivity (Wildman–Crippen MR) is 227 cm³/mol. The van der Waals surface area contributed by atoms with E-state index in [2.05, 4.69) is 43.5 Å². The molecule has 0 radical (unpaired) electrons. The molecule has 7 heteroatoms. The van der Waals surface area contributed by atoms with Crippen molar-refractivity contribution >= 4 is 34.1 Å². The minimum absolute atomic E-state index is 0.183. The number of hydrogen-bond acceptors (Lipinski definition) is 6. The smallest absolute Gasteiger partial charge is 0.341 e. The van der Waals surface area contributed by atoms with E-state index in [1.807, 2.05) is 0 Å². The van der Waals surface area contributed by atoms with Gasteiger partial charge < -0.3 is 10.1 Å². The van der Waals surface area contributed by atoms with E-state index >= 15 is 0 Å². The van der Waals surface area contributed by atoms with E-state index in [1.165, 1.54) is 119 Å². The molecule has 1 aliphatic rings. The first kappa shape index (κ1) is 46.9. The fourth-order valence-electron chi connectivity index (χ4n) is 7.17. The van der Waals surface area contributed by atoms with Crippen molar-refractivity contribution in [2.45, 2.75) is 214 Å². The number of amides is 2. The summed E-state index contributed by atoms with van der Waals surface area (Å²) < 4.78 is 5.47. The molecule has 0 atom stereocenters. The summed E-state index contributed by atoms with van der Waals surface area (Å²) in [5.41, 5.74) is 1.37. The summed E-state index contributed by atoms with van der Waals surface area (Å²) in [6.07, 6.45) is 41.8. The number of fused-ring (bicyclic) bond motifs is 1. The van der Waals surface area contributed by atoms with E-state index < -0.39 is 5.97 Å². The van der Waals surface area contributed by atoms with Gasteiger partial charge in [-0.15, -0.1) is 11.3 Å². The van der Waals surface area contributed by atoms with E-state index in [-0.39, 0.29) is 18.4 Å². The molecular formula is C46H78N2O4S. The van der Waals surface area contributed by atoms with Crippen molar-refractivity contribution in [3.05, 3.63) is 40.3 Å². The zero-order chi connectivity index (χ0) is 38.2. The molecule has 6 nitrogen and oxygen atoms in total. The Kier molecular flexibility index (Phi) is 28.4. The Balaban J connectivity index is 1.82. The molecule has 2 rings (SSSR count). The van der Waals surface area contributed by atoms with E-state index in [4.69, 9.17) is 4.74 Å². The molecule has 1 N–H and O–H groups in total. The van der Waals surface area contributed by atoms with Crippen LogP contribution in [0.2, 0.25) is 0 Å². The number of anilines is 1. The third-order valence-electron chi connectivity index (χ3n) is 10.4. The number of ether oxygens (including phenoxy) is 1. The SMILES string of the molecule is CCCCCCCC/C=C\CCCCCCCC(=O)N(C(=O)CCCCCCC/C=C\CCCCCCCC)c1sc2c(c1C(=O)OCC)CCNC2. The Labute approximate surface area is 329 Å². The number of unbranched alkanes of at least 4 members (excludes halogenated alkanes) is 22. The number of carbonyl (C=O) groups is 3. The van der Waals surface area contributed by atoms with Gasteiger partial charge in [-0.1, -0.05) is 141 Å². The van der Waals surface area contributed by atoms with Crippen molar-refractivity contribution < 1.29 is 19.1 Å². The van der Waals surface area contributed by atoms with Gasteiger partial charge in [0.1, 0.15) is 5.00 Å². The summed E-state index contributed by atoms with van der Waals surface area (Å²) in [4.78, 5) is 43.4. The van der Waals surface area contributed by atoms with Crippen molar-refractivity contribution in [1.29, 1.82) is 0 Å². The number of nitrogens with zero attached hydrogens (tertiary/aromatic N) is 1. The standard InChI is InChI=1S/C46H78N2O4S/c1-4-7-9-11-13-15-17-19-21-23-25-27-29-31-33-35-42(49)48(45-44(46(51)52-6-3)40-37-38-47-39-41(40)53-45)43(50)36-34-32-30-28-26-24-22-20-18-16-14-12-10-8-5-2/h19-22,47H,4-18,23-39H2,1-3H3/b21-19-,22-20-. The molecule has 2 heterocycles. The van der Waals surface area contributed by atoms with Gasteiger partial charge in [-0.05, 0) is 89.7 Å². The molecule has 1 aromatic rings. The fraction of sp³-hybridized carbons (Fsp3) is 0.761. The van der Waals surface area contributed by atoms with Crippen molar-refractivity contribution in [3.63, 3.8) is 0 Å². The summed E-state index contributed by atoms with van der Waals surface area (Å²) in [6, 6.07) is 0. The molecule has 0 unspecified atom stereocenters. The van der Waals surface area contributed by atoms with Crippen molar-refractivity contribution in [1.82, 2.24) is 5.32 Å². The van der Waals surface area contributed by atoms with Crippen LogP contribution in [0, 0.1) is 0 Å². The lowest BCUT2D eigenvalue weighted by molar-refractivity contribution is -0.126. The second-order valence-electron chi connectivity index (χ2n) is 15.1. The Morgan fingerprint density at radius 3 is 1.45 bits per heavy atom. The molecule has 1 aromatic heterocycles. The Hall–Kier alpha value is -2.25. The molecule has 302 valence electrons.